The van der Waals surface area contributed by atoms with Crippen molar-refractivity contribution < 1.29 is 111 Å². The lowest BCUT2D eigenvalue weighted by Crippen LogP contribution is -2.57. The molecule has 0 saturated carbocycles. The maximum absolute atomic E-state index is 12.7. The zero-order chi connectivity index (χ0) is 50.2. The van der Waals surface area contributed by atoms with E-state index in [0.29, 0.717) is 0 Å². The van der Waals surface area contributed by atoms with Crippen LogP contribution < -0.4 is 18.9 Å². The van der Waals surface area contributed by atoms with E-state index in [9.17, 15) is 91.9 Å². The smallest absolute Gasteiger partial charge is 0.305 e. The van der Waals surface area contributed by atoms with Crippen LogP contribution in [0.1, 0.15) is 73.8 Å². The molecular formula is C47H40O22S. The number of benzene rings is 6. The Morgan fingerprint density at radius 3 is 1.41 bits per heavy atom. The highest BCUT2D eigenvalue weighted by molar-refractivity contribution is 7.99. The summed E-state index contributed by atoms with van der Waals surface area (Å²) in [5, 5.41) is 198. The number of hydrogen-bond donors (Lipinski definition) is 18. The van der Waals surface area contributed by atoms with E-state index in [2.05, 4.69) is 0 Å². The first kappa shape index (κ1) is 45.7. The highest BCUT2D eigenvalue weighted by Crippen LogP contribution is 2.66. The van der Waals surface area contributed by atoms with Crippen LogP contribution in [0, 0.1) is 0 Å². The summed E-state index contributed by atoms with van der Waals surface area (Å²) >= 11 is 0.895. The molecule has 0 aliphatic carbocycles. The molecule has 0 aromatic heterocycles. The number of aromatic hydroxyl groups is 14. The fourth-order valence-electron chi connectivity index (χ4n) is 9.92. The maximum Gasteiger partial charge on any atom is 0.305 e. The van der Waals surface area contributed by atoms with Crippen LogP contribution in [0.2, 0.25) is 0 Å². The van der Waals surface area contributed by atoms with Crippen molar-refractivity contribution in [2.24, 2.45) is 0 Å². The topological polar surface area (TPSA) is 401 Å². The SMILES string of the molecule is OCCS[C@H]1c2c(O)cc(O)c([C@H]3c4c(O)cc5c(c4O[C@H](c4cc(O)c(O)c(O)c4)[C@@H]3O)[C@H]3c4c(O)cc(O)cc4O[C@@](c4cc(O)c(O)c(O)c4)(O5)[C@@H]3O)c2O[C@H](c2cc(O)c(O)c(O)c2)[C@@H]1O. The molecule has 22 nitrogen and oxygen atoms in total. The maximum atomic E-state index is 12.7. The van der Waals surface area contributed by atoms with Gasteiger partial charge >= 0.3 is 5.79 Å². The lowest BCUT2D eigenvalue weighted by Gasteiger charge is -2.51. The quantitative estimate of drug-likeness (QED) is 0.102. The lowest BCUT2D eigenvalue weighted by molar-refractivity contribution is -0.219. The zero-order valence-electron chi connectivity index (χ0n) is 35.4. The first-order valence-corrected chi connectivity index (χ1v) is 22.0. The molecule has 70 heavy (non-hydrogen) atoms. The predicted octanol–water partition coefficient (Wildman–Crippen LogP) is 3.58. The number of thioether (sulfide) groups is 1. The third-order valence-electron chi connectivity index (χ3n) is 12.9. The second kappa shape index (κ2) is 16.0. The summed E-state index contributed by atoms with van der Waals surface area (Å²) in [6, 6.07) is 9.20. The molecule has 4 aliphatic heterocycles. The van der Waals surface area contributed by atoms with Crippen molar-refractivity contribution >= 4 is 11.8 Å². The van der Waals surface area contributed by atoms with Gasteiger partial charge < -0.3 is 111 Å². The molecule has 10 rings (SSSR count). The van der Waals surface area contributed by atoms with Crippen LogP contribution in [-0.4, -0.2) is 123 Å². The van der Waals surface area contributed by atoms with Crippen LogP contribution in [-0.2, 0) is 5.79 Å². The largest absolute Gasteiger partial charge is 0.508 e. The number of aliphatic hydroxyl groups is 4. The van der Waals surface area contributed by atoms with Gasteiger partial charge in [-0.1, -0.05) is 0 Å². The molecule has 6 aromatic rings. The minimum absolute atomic E-state index is 0.0778. The molecule has 4 aliphatic rings. The molecule has 18 N–H and O–H groups in total. The van der Waals surface area contributed by atoms with Gasteiger partial charge in [-0.25, -0.2) is 0 Å². The molecule has 6 aromatic carbocycles. The second-order valence-corrected chi connectivity index (χ2v) is 18.3. The molecule has 0 amide bonds. The van der Waals surface area contributed by atoms with E-state index >= 15 is 0 Å². The standard InChI is InChI=1S/C47H40O22S/c48-1-2-70-45-32-19(52)11-18(51)30(43(32)67-42(40(45)64)14-5-23(56)37(61)24(57)6-14)34-31-20(53)12-28-33(44(31)66-41(39(34)63)13-3-21(54)36(60)22(55)4-13)35-29-17(50)9-16(49)10-27(29)68-47(69-28,46(35)65)15-7-25(58)38(62)26(59)8-15/h3-12,34-35,39-42,45-46,48-65H,1-2H2/t34-,35+,39+,40-,41+,42+,45-,46+,47-/m0/s1. The van der Waals surface area contributed by atoms with Gasteiger partial charge in [0.1, 0.15) is 70.1 Å². The molecule has 366 valence electrons. The minimum atomic E-state index is -2.56. The Hall–Kier alpha value is -8.09. The number of aliphatic hydroxyl groups excluding tert-OH is 4. The Kier molecular flexibility index (Phi) is 10.4. The molecule has 4 heterocycles. The molecule has 0 radical (unpaired) electrons. The first-order valence-electron chi connectivity index (χ1n) is 20.9. The van der Waals surface area contributed by atoms with E-state index in [1.165, 1.54) is 0 Å². The third-order valence-corrected chi connectivity index (χ3v) is 14.2. The number of phenols is 14. The molecule has 23 heteroatoms. The average molecular weight is 989 g/mol. The van der Waals surface area contributed by atoms with Crippen LogP contribution in [0.5, 0.6) is 103 Å². The van der Waals surface area contributed by atoms with E-state index in [1.807, 2.05) is 0 Å². The summed E-state index contributed by atoms with van der Waals surface area (Å²) in [6.45, 7) is -0.449. The Bertz CT molecular complexity index is 3110. The van der Waals surface area contributed by atoms with Gasteiger partial charge in [0, 0.05) is 69.0 Å². The number of fused-ring (bicyclic) bond motifs is 9. The van der Waals surface area contributed by atoms with Gasteiger partial charge in [-0.15, -0.1) is 11.8 Å². The molecule has 0 saturated heterocycles. The molecular weight excluding hydrogens is 949 g/mol. The monoisotopic (exact) mass is 988 g/mol. The molecule has 9 atom stereocenters. The highest BCUT2D eigenvalue weighted by atomic mass is 32.2. The zero-order valence-corrected chi connectivity index (χ0v) is 36.2. The van der Waals surface area contributed by atoms with Gasteiger partial charge in [-0.3, -0.25) is 0 Å². The van der Waals surface area contributed by atoms with Gasteiger partial charge in [0.05, 0.1) is 29.3 Å². The summed E-state index contributed by atoms with van der Waals surface area (Å²) in [4.78, 5) is 0. The number of hydrogen-bond acceptors (Lipinski definition) is 23. The Labute approximate surface area is 396 Å². The third kappa shape index (κ3) is 6.57. The highest BCUT2D eigenvalue weighted by Gasteiger charge is 2.61. The van der Waals surface area contributed by atoms with E-state index in [1.54, 1.807) is 0 Å². The van der Waals surface area contributed by atoms with Gasteiger partial charge in [-0.2, -0.15) is 0 Å². The summed E-state index contributed by atoms with van der Waals surface area (Å²) < 4.78 is 25.5. The summed E-state index contributed by atoms with van der Waals surface area (Å²) in [5.41, 5.74) is -2.42. The van der Waals surface area contributed by atoms with Gasteiger partial charge in [0.15, 0.2) is 64.0 Å². The van der Waals surface area contributed by atoms with Crippen molar-refractivity contribution in [2.75, 3.05) is 12.4 Å². The van der Waals surface area contributed by atoms with Crippen molar-refractivity contribution in [3.8, 4) is 103 Å². The van der Waals surface area contributed by atoms with Crippen LogP contribution in [0.15, 0.2) is 60.7 Å². The van der Waals surface area contributed by atoms with Crippen molar-refractivity contribution in [3.63, 3.8) is 0 Å². The van der Waals surface area contributed by atoms with Crippen LogP contribution in [0.25, 0.3) is 0 Å². The summed E-state index contributed by atoms with van der Waals surface area (Å²) in [7, 11) is 0. The fraction of sp³-hybridized carbons (Fsp3) is 0.234. The van der Waals surface area contributed by atoms with Crippen LogP contribution >= 0.6 is 11.8 Å². The molecule has 0 spiro atoms. The molecule has 0 fully saturated rings. The van der Waals surface area contributed by atoms with Gasteiger partial charge in [0.2, 0.25) is 0 Å². The summed E-state index contributed by atoms with van der Waals surface area (Å²) in [6.07, 6.45) is -9.39. The Balaban J connectivity index is 1.28. The van der Waals surface area contributed by atoms with Crippen molar-refractivity contribution in [3.05, 3.63) is 105 Å². The van der Waals surface area contributed by atoms with Crippen molar-refractivity contribution in [1.82, 2.24) is 0 Å². The van der Waals surface area contributed by atoms with Crippen LogP contribution in [0.3, 0.4) is 0 Å². The average Bonchev–Trinajstić information content (AvgIpc) is 3.29. The fourth-order valence-corrected chi connectivity index (χ4v) is 11.0. The second-order valence-electron chi connectivity index (χ2n) is 17.0. The van der Waals surface area contributed by atoms with Crippen LogP contribution in [0.4, 0.5) is 0 Å². The van der Waals surface area contributed by atoms with Gasteiger partial charge in [0.25, 0.3) is 0 Å². The van der Waals surface area contributed by atoms with Crippen molar-refractivity contribution in [1.29, 1.82) is 0 Å². The van der Waals surface area contributed by atoms with Crippen molar-refractivity contribution in [2.45, 2.75) is 53.4 Å². The Morgan fingerprint density at radius 1 is 0.443 bits per heavy atom. The molecule has 2 bridgehead atoms. The minimum Gasteiger partial charge on any atom is -0.508 e. The van der Waals surface area contributed by atoms with E-state index < -0.39 is 169 Å². The number of rotatable bonds is 7. The Morgan fingerprint density at radius 2 is 0.886 bits per heavy atom. The molecule has 0 unspecified atom stereocenters. The van der Waals surface area contributed by atoms with E-state index in [-0.39, 0.29) is 44.9 Å². The number of phenolic OH excluding ortho intramolecular Hbond substituents is 14. The first-order chi connectivity index (χ1) is 33.2. The summed E-state index contributed by atoms with van der Waals surface area (Å²) in [5.74, 6) is -19.7. The van der Waals surface area contributed by atoms with E-state index in [4.69, 9.17) is 18.9 Å². The number of ether oxygens (including phenoxy) is 4. The predicted molar refractivity (Wildman–Crippen MR) is 236 cm³/mol. The normalized spacial score (nSPS) is 24.9. The van der Waals surface area contributed by atoms with E-state index in [0.717, 1.165) is 72.4 Å². The van der Waals surface area contributed by atoms with Gasteiger partial charge in [-0.05, 0) is 36.4 Å². The lowest BCUT2D eigenvalue weighted by atomic mass is 9.71.